The average molecular weight is 370 g/mol. The van der Waals surface area contributed by atoms with Gasteiger partial charge in [0, 0.05) is 46.1 Å². The number of aromatic amines is 1. The van der Waals surface area contributed by atoms with E-state index in [1.165, 1.54) is 5.69 Å². The van der Waals surface area contributed by atoms with E-state index in [1.54, 1.807) is 0 Å². The lowest BCUT2D eigenvalue weighted by Crippen LogP contribution is -2.27. The van der Waals surface area contributed by atoms with E-state index in [0.29, 0.717) is 11.7 Å². The van der Waals surface area contributed by atoms with E-state index in [2.05, 4.69) is 49.7 Å². The van der Waals surface area contributed by atoms with Crippen molar-refractivity contribution >= 4 is 16.6 Å². The van der Waals surface area contributed by atoms with Gasteiger partial charge in [0.05, 0.1) is 11.9 Å². The zero-order chi connectivity index (χ0) is 18.9. The Labute approximate surface area is 163 Å². The molecule has 4 aromatic rings. The summed E-state index contributed by atoms with van der Waals surface area (Å²) in [7, 11) is 0. The van der Waals surface area contributed by atoms with Gasteiger partial charge in [0.2, 0.25) is 0 Å². The third-order valence-electron chi connectivity index (χ3n) is 5.55. The molecule has 0 aliphatic carbocycles. The second-order valence-electron chi connectivity index (χ2n) is 7.30. The van der Waals surface area contributed by atoms with Crippen LogP contribution in [0.1, 0.15) is 24.5 Å². The smallest absolute Gasteiger partial charge is 0.132 e. The number of nitrogens with one attached hydrogen (secondary N) is 2. The van der Waals surface area contributed by atoms with Gasteiger partial charge < -0.3 is 11.1 Å². The molecule has 140 valence electrons. The number of anilines is 1. The third kappa shape index (κ3) is 3.01. The molecular formula is C22H22N6. The summed E-state index contributed by atoms with van der Waals surface area (Å²) in [5.74, 6) is 0.969. The van der Waals surface area contributed by atoms with Gasteiger partial charge in [0.15, 0.2) is 0 Å². The molecule has 1 aromatic carbocycles. The third-order valence-corrected chi connectivity index (χ3v) is 5.55. The molecule has 6 heteroatoms. The highest BCUT2D eigenvalue weighted by atomic mass is 15.1. The average Bonchev–Trinajstić information content (AvgIpc) is 3.24. The lowest BCUT2D eigenvalue weighted by molar-refractivity contribution is 0.453. The molecule has 3 aromatic heterocycles. The Morgan fingerprint density at radius 1 is 0.893 bits per heavy atom. The lowest BCUT2D eigenvalue weighted by atomic mass is 9.90. The molecule has 0 spiro atoms. The van der Waals surface area contributed by atoms with Gasteiger partial charge in [-0.1, -0.05) is 24.3 Å². The second kappa shape index (κ2) is 7.05. The number of nitrogens with two attached hydrogens (primary N) is 1. The topological polar surface area (TPSA) is 92.5 Å². The molecule has 28 heavy (non-hydrogen) atoms. The fourth-order valence-corrected chi connectivity index (χ4v) is 4.01. The maximum Gasteiger partial charge on any atom is 0.132 e. The Morgan fingerprint density at radius 2 is 1.71 bits per heavy atom. The van der Waals surface area contributed by atoms with Crippen LogP contribution in [0.2, 0.25) is 0 Å². The van der Waals surface area contributed by atoms with Crippen LogP contribution in [-0.4, -0.2) is 33.3 Å². The fraction of sp³-hybridized carbons (Fsp3) is 0.227. The van der Waals surface area contributed by atoms with Crippen molar-refractivity contribution < 1.29 is 0 Å². The number of piperidine rings is 1. The number of nitrogens with zero attached hydrogens (tertiary/aromatic N) is 3. The summed E-state index contributed by atoms with van der Waals surface area (Å²) >= 11 is 0. The standard InChI is InChI=1S/C22H22N6/c23-22-18(20-10-15-3-1-2-4-16(15)11-25-20)9-17(12-26-22)19-13-27-28-21(19)14-5-7-24-8-6-14/h1-4,9-14,24H,5-8H2,(H2,23,26)(H,27,28). The number of hydrogen-bond donors (Lipinski definition) is 3. The van der Waals surface area contributed by atoms with Crippen LogP contribution in [0.5, 0.6) is 0 Å². The number of nitrogen functional groups attached to an aromatic ring is 1. The molecule has 4 heterocycles. The fourth-order valence-electron chi connectivity index (χ4n) is 4.01. The number of aromatic nitrogens is 4. The van der Waals surface area contributed by atoms with Gasteiger partial charge in [-0.25, -0.2) is 4.98 Å². The molecule has 6 nitrogen and oxygen atoms in total. The Kier molecular flexibility index (Phi) is 4.25. The van der Waals surface area contributed by atoms with E-state index in [-0.39, 0.29) is 0 Å². The number of fused-ring (bicyclic) bond motifs is 1. The number of benzene rings is 1. The van der Waals surface area contributed by atoms with Gasteiger partial charge >= 0.3 is 0 Å². The van der Waals surface area contributed by atoms with Gasteiger partial charge in [-0.05, 0) is 43.5 Å². The van der Waals surface area contributed by atoms with Crippen molar-refractivity contribution in [2.24, 2.45) is 0 Å². The van der Waals surface area contributed by atoms with E-state index >= 15 is 0 Å². The molecule has 0 saturated carbocycles. The van der Waals surface area contributed by atoms with Crippen LogP contribution in [0.3, 0.4) is 0 Å². The molecule has 0 radical (unpaired) electrons. The number of pyridine rings is 2. The number of rotatable bonds is 3. The Balaban J connectivity index is 1.57. The first-order valence-corrected chi connectivity index (χ1v) is 9.64. The maximum atomic E-state index is 6.22. The van der Waals surface area contributed by atoms with Crippen molar-refractivity contribution in [2.45, 2.75) is 18.8 Å². The zero-order valence-electron chi connectivity index (χ0n) is 15.5. The quantitative estimate of drug-likeness (QED) is 0.511. The molecule has 1 aliphatic heterocycles. The molecule has 1 saturated heterocycles. The lowest BCUT2D eigenvalue weighted by Gasteiger charge is -2.22. The van der Waals surface area contributed by atoms with Gasteiger partial charge in [-0.2, -0.15) is 5.10 Å². The molecular weight excluding hydrogens is 348 g/mol. The predicted octanol–water partition coefficient (Wildman–Crippen LogP) is 3.74. The van der Waals surface area contributed by atoms with E-state index in [4.69, 9.17) is 5.73 Å². The van der Waals surface area contributed by atoms with Crippen molar-refractivity contribution in [3.63, 3.8) is 0 Å². The van der Waals surface area contributed by atoms with Crippen molar-refractivity contribution in [3.8, 4) is 22.4 Å². The second-order valence-corrected chi connectivity index (χ2v) is 7.30. The van der Waals surface area contributed by atoms with Crippen molar-refractivity contribution in [1.29, 1.82) is 0 Å². The molecule has 0 unspecified atom stereocenters. The highest BCUT2D eigenvalue weighted by Gasteiger charge is 2.21. The van der Waals surface area contributed by atoms with Crippen LogP contribution >= 0.6 is 0 Å². The molecule has 0 bridgehead atoms. The van der Waals surface area contributed by atoms with Crippen LogP contribution < -0.4 is 11.1 Å². The highest BCUT2D eigenvalue weighted by Crippen LogP contribution is 2.35. The Morgan fingerprint density at radius 3 is 2.57 bits per heavy atom. The summed E-state index contributed by atoms with van der Waals surface area (Å²) in [6.45, 7) is 2.07. The van der Waals surface area contributed by atoms with Crippen molar-refractivity contribution in [1.82, 2.24) is 25.5 Å². The van der Waals surface area contributed by atoms with Crippen molar-refractivity contribution in [2.75, 3.05) is 18.8 Å². The summed E-state index contributed by atoms with van der Waals surface area (Å²) in [5.41, 5.74) is 11.2. The summed E-state index contributed by atoms with van der Waals surface area (Å²) in [6, 6.07) is 12.3. The maximum absolute atomic E-state index is 6.22. The predicted molar refractivity (Wildman–Crippen MR) is 112 cm³/mol. The minimum atomic E-state index is 0.485. The van der Waals surface area contributed by atoms with E-state index < -0.39 is 0 Å². The first-order valence-electron chi connectivity index (χ1n) is 9.64. The van der Waals surface area contributed by atoms with Crippen LogP contribution in [0, 0.1) is 0 Å². The van der Waals surface area contributed by atoms with Crippen LogP contribution in [-0.2, 0) is 0 Å². The Hall–Kier alpha value is -3.25. The normalized spacial score (nSPS) is 15.1. The van der Waals surface area contributed by atoms with Crippen LogP contribution in [0.15, 0.2) is 55.0 Å². The summed E-state index contributed by atoms with van der Waals surface area (Å²) in [4.78, 5) is 9.08. The largest absolute Gasteiger partial charge is 0.383 e. The van der Waals surface area contributed by atoms with Crippen molar-refractivity contribution in [3.05, 3.63) is 60.7 Å². The van der Waals surface area contributed by atoms with Gasteiger partial charge in [-0.15, -0.1) is 0 Å². The molecule has 0 amide bonds. The van der Waals surface area contributed by atoms with Gasteiger partial charge in [0.1, 0.15) is 5.82 Å². The van der Waals surface area contributed by atoms with Gasteiger partial charge in [-0.3, -0.25) is 10.1 Å². The van der Waals surface area contributed by atoms with Gasteiger partial charge in [0.25, 0.3) is 0 Å². The first kappa shape index (κ1) is 16.9. The summed E-state index contributed by atoms with van der Waals surface area (Å²) in [6.07, 6.45) is 7.82. The first-order chi connectivity index (χ1) is 13.8. The van der Waals surface area contributed by atoms with E-state index in [0.717, 1.165) is 59.1 Å². The summed E-state index contributed by atoms with van der Waals surface area (Å²) in [5, 5.41) is 13.2. The molecule has 5 rings (SSSR count). The van der Waals surface area contributed by atoms with E-state index in [1.807, 2.05) is 30.7 Å². The highest BCUT2D eigenvalue weighted by molar-refractivity contribution is 5.87. The minimum absolute atomic E-state index is 0.485. The molecule has 0 atom stereocenters. The zero-order valence-corrected chi connectivity index (χ0v) is 15.5. The van der Waals surface area contributed by atoms with E-state index in [9.17, 15) is 0 Å². The summed E-state index contributed by atoms with van der Waals surface area (Å²) < 4.78 is 0. The molecule has 1 fully saturated rings. The van der Waals surface area contributed by atoms with Crippen LogP contribution in [0.4, 0.5) is 5.82 Å². The van der Waals surface area contributed by atoms with Crippen LogP contribution in [0.25, 0.3) is 33.2 Å². The number of H-pyrrole nitrogens is 1. The minimum Gasteiger partial charge on any atom is -0.383 e. The molecule has 4 N–H and O–H groups in total. The SMILES string of the molecule is Nc1ncc(-c2cn[nH]c2C2CCNCC2)cc1-c1cc2ccccc2cn1. The monoisotopic (exact) mass is 370 g/mol. The molecule has 1 aliphatic rings. The Bertz CT molecular complexity index is 1130. The number of hydrogen-bond acceptors (Lipinski definition) is 5.